The summed E-state index contributed by atoms with van der Waals surface area (Å²) in [5.41, 5.74) is 2.78. The van der Waals surface area contributed by atoms with Crippen molar-refractivity contribution in [3.63, 3.8) is 0 Å². The van der Waals surface area contributed by atoms with Crippen LogP contribution in [-0.4, -0.2) is 36.8 Å². The zero-order chi connectivity index (χ0) is 19.7. The third-order valence-electron chi connectivity index (χ3n) is 4.87. The molecule has 7 heteroatoms. The van der Waals surface area contributed by atoms with E-state index in [9.17, 15) is 4.79 Å². The zero-order valence-electron chi connectivity index (χ0n) is 16.0. The molecular formula is C21H21N3O4. The van der Waals surface area contributed by atoms with E-state index < -0.39 is 0 Å². The van der Waals surface area contributed by atoms with Gasteiger partial charge in [-0.05, 0) is 25.1 Å². The van der Waals surface area contributed by atoms with E-state index in [1.54, 1.807) is 31.3 Å². The van der Waals surface area contributed by atoms with Crippen molar-refractivity contribution in [1.29, 1.82) is 0 Å². The number of rotatable bonds is 5. The molecule has 0 aliphatic carbocycles. The summed E-state index contributed by atoms with van der Waals surface area (Å²) in [6.07, 6.45) is 0.323. The topological polar surface area (TPSA) is 77.7 Å². The highest BCUT2D eigenvalue weighted by atomic mass is 16.5. The molecule has 0 spiro atoms. The van der Waals surface area contributed by atoms with Crippen LogP contribution in [0.2, 0.25) is 0 Å². The van der Waals surface area contributed by atoms with Gasteiger partial charge in [0.1, 0.15) is 0 Å². The van der Waals surface area contributed by atoms with Gasteiger partial charge in [0, 0.05) is 30.3 Å². The number of aromatic nitrogens is 2. The normalized spacial score (nSPS) is 16.5. The molecule has 1 saturated heterocycles. The first-order chi connectivity index (χ1) is 13.6. The van der Waals surface area contributed by atoms with Gasteiger partial charge in [0.25, 0.3) is 0 Å². The van der Waals surface area contributed by atoms with Gasteiger partial charge >= 0.3 is 0 Å². The quantitative estimate of drug-likeness (QED) is 0.674. The van der Waals surface area contributed by atoms with E-state index in [4.69, 9.17) is 14.0 Å². The maximum Gasteiger partial charge on any atom is 0.232 e. The van der Waals surface area contributed by atoms with Crippen molar-refractivity contribution in [2.24, 2.45) is 0 Å². The number of hydrogen-bond donors (Lipinski definition) is 0. The summed E-state index contributed by atoms with van der Waals surface area (Å²) in [6.45, 7) is 2.49. The van der Waals surface area contributed by atoms with Gasteiger partial charge in [-0.2, -0.15) is 4.98 Å². The Kier molecular flexibility index (Phi) is 4.73. The number of carbonyl (C=O) groups is 1. The molecule has 0 saturated carbocycles. The maximum atomic E-state index is 12.6. The molecule has 1 atom stereocenters. The van der Waals surface area contributed by atoms with Crippen molar-refractivity contribution in [2.75, 3.05) is 25.7 Å². The first-order valence-corrected chi connectivity index (χ1v) is 9.02. The monoisotopic (exact) mass is 379 g/mol. The third-order valence-corrected chi connectivity index (χ3v) is 4.87. The summed E-state index contributed by atoms with van der Waals surface area (Å²) in [5, 5.41) is 4.09. The average Bonchev–Trinajstić information content (AvgIpc) is 3.34. The third kappa shape index (κ3) is 3.31. The highest BCUT2D eigenvalue weighted by Gasteiger charge is 2.35. The van der Waals surface area contributed by atoms with Crippen molar-refractivity contribution in [1.82, 2.24) is 10.1 Å². The minimum absolute atomic E-state index is 0.00697. The van der Waals surface area contributed by atoms with Gasteiger partial charge in [0.2, 0.25) is 17.6 Å². The summed E-state index contributed by atoms with van der Waals surface area (Å²) in [6, 6.07) is 13.3. The van der Waals surface area contributed by atoms with E-state index in [1.807, 2.05) is 37.3 Å². The van der Waals surface area contributed by atoms with Gasteiger partial charge in [0.15, 0.2) is 11.5 Å². The fourth-order valence-corrected chi connectivity index (χ4v) is 3.42. The lowest BCUT2D eigenvalue weighted by molar-refractivity contribution is -0.117. The lowest BCUT2D eigenvalue weighted by atomic mass is 10.1. The summed E-state index contributed by atoms with van der Waals surface area (Å²) >= 11 is 0. The highest BCUT2D eigenvalue weighted by Crippen LogP contribution is 2.36. The predicted molar refractivity (Wildman–Crippen MR) is 104 cm³/mol. The molecule has 1 aliphatic heterocycles. The SMILES string of the molecule is COc1ccc(N2C[C@@H](c3nc(-c4cccc(C)c4)no3)CC2=O)cc1OC. The largest absolute Gasteiger partial charge is 0.493 e. The Morgan fingerprint density at radius 1 is 1.11 bits per heavy atom. The van der Waals surface area contributed by atoms with E-state index in [-0.39, 0.29) is 11.8 Å². The molecule has 1 amide bonds. The number of ether oxygens (including phenoxy) is 2. The number of amides is 1. The number of carbonyl (C=O) groups excluding carboxylic acids is 1. The fourth-order valence-electron chi connectivity index (χ4n) is 3.42. The van der Waals surface area contributed by atoms with Crippen molar-refractivity contribution < 1.29 is 18.8 Å². The first-order valence-electron chi connectivity index (χ1n) is 9.02. The number of hydrogen-bond acceptors (Lipinski definition) is 6. The molecule has 28 heavy (non-hydrogen) atoms. The number of anilines is 1. The van der Waals surface area contributed by atoms with Crippen LogP contribution in [0.1, 0.15) is 23.8 Å². The predicted octanol–water partition coefficient (Wildman–Crippen LogP) is 3.58. The molecule has 0 unspecified atom stereocenters. The van der Waals surface area contributed by atoms with Crippen LogP contribution in [0.4, 0.5) is 5.69 Å². The second kappa shape index (κ2) is 7.34. The van der Waals surface area contributed by atoms with Crippen molar-refractivity contribution in [3.8, 4) is 22.9 Å². The Hall–Kier alpha value is -3.35. The molecule has 2 aromatic carbocycles. The van der Waals surface area contributed by atoms with Crippen LogP contribution in [0.5, 0.6) is 11.5 Å². The van der Waals surface area contributed by atoms with Gasteiger partial charge in [-0.25, -0.2) is 0 Å². The standard InChI is InChI=1S/C21H21N3O4/c1-13-5-4-6-14(9-13)20-22-21(28-23-20)15-10-19(25)24(12-15)16-7-8-17(26-2)18(11-16)27-3/h4-9,11,15H,10,12H2,1-3H3/t15-/m0/s1. The van der Waals surface area contributed by atoms with Gasteiger partial charge in [-0.1, -0.05) is 28.9 Å². The lowest BCUT2D eigenvalue weighted by Gasteiger charge is -2.18. The number of methoxy groups -OCH3 is 2. The molecule has 2 heterocycles. The fraction of sp³-hybridized carbons (Fsp3) is 0.286. The van der Waals surface area contributed by atoms with E-state index in [2.05, 4.69) is 10.1 Å². The molecule has 1 fully saturated rings. The molecule has 0 bridgehead atoms. The van der Waals surface area contributed by atoms with Gasteiger partial charge in [-0.3, -0.25) is 4.79 Å². The Labute approximate surface area is 162 Å². The Balaban J connectivity index is 1.56. The molecule has 1 aromatic heterocycles. The lowest BCUT2D eigenvalue weighted by Crippen LogP contribution is -2.24. The Morgan fingerprint density at radius 2 is 1.93 bits per heavy atom. The maximum absolute atomic E-state index is 12.6. The summed E-state index contributed by atoms with van der Waals surface area (Å²) < 4.78 is 16.1. The first kappa shape index (κ1) is 18.0. The van der Waals surface area contributed by atoms with E-state index in [0.29, 0.717) is 36.2 Å². The number of aryl methyl sites for hydroxylation is 1. The van der Waals surface area contributed by atoms with Crippen molar-refractivity contribution in [2.45, 2.75) is 19.3 Å². The van der Waals surface area contributed by atoms with Crippen molar-refractivity contribution in [3.05, 3.63) is 53.9 Å². The van der Waals surface area contributed by atoms with E-state index in [0.717, 1.165) is 16.8 Å². The summed E-state index contributed by atoms with van der Waals surface area (Å²) in [5.74, 6) is 2.08. The van der Waals surface area contributed by atoms with Crippen LogP contribution >= 0.6 is 0 Å². The molecular weight excluding hydrogens is 358 g/mol. The molecule has 0 N–H and O–H groups in total. The second-order valence-electron chi connectivity index (χ2n) is 6.77. The average molecular weight is 379 g/mol. The highest BCUT2D eigenvalue weighted by molar-refractivity contribution is 5.96. The second-order valence-corrected chi connectivity index (χ2v) is 6.77. The number of benzene rings is 2. The number of nitrogens with zero attached hydrogens (tertiary/aromatic N) is 3. The minimum atomic E-state index is -0.147. The van der Waals surface area contributed by atoms with Gasteiger partial charge in [-0.15, -0.1) is 0 Å². The molecule has 1 aliphatic rings. The molecule has 7 nitrogen and oxygen atoms in total. The zero-order valence-corrected chi connectivity index (χ0v) is 16.0. The van der Waals surface area contributed by atoms with E-state index in [1.165, 1.54) is 0 Å². The van der Waals surface area contributed by atoms with Gasteiger partial charge in [0.05, 0.1) is 20.1 Å². The van der Waals surface area contributed by atoms with Crippen LogP contribution < -0.4 is 14.4 Å². The Morgan fingerprint density at radius 3 is 2.68 bits per heavy atom. The van der Waals surface area contributed by atoms with Crippen LogP contribution in [0.25, 0.3) is 11.4 Å². The van der Waals surface area contributed by atoms with Gasteiger partial charge < -0.3 is 18.9 Å². The van der Waals surface area contributed by atoms with Crippen LogP contribution in [0, 0.1) is 6.92 Å². The smallest absolute Gasteiger partial charge is 0.232 e. The Bertz CT molecular complexity index is 1010. The molecule has 0 radical (unpaired) electrons. The van der Waals surface area contributed by atoms with Crippen LogP contribution in [-0.2, 0) is 4.79 Å². The minimum Gasteiger partial charge on any atom is -0.493 e. The van der Waals surface area contributed by atoms with Crippen LogP contribution in [0.3, 0.4) is 0 Å². The van der Waals surface area contributed by atoms with E-state index >= 15 is 0 Å². The molecule has 4 rings (SSSR count). The molecule has 3 aromatic rings. The van der Waals surface area contributed by atoms with Crippen LogP contribution in [0.15, 0.2) is 47.0 Å². The van der Waals surface area contributed by atoms with Crippen molar-refractivity contribution >= 4 is 11.6 Å². The molecule has 144 valence electrons. The summed E-state index contributed by atoms with van der Waals surface area (Å²) in [7, 11) is 3.15. The summed E-state index contributed by atoms with van der Waals surface area (Å²) in [4.78, 5) is 18.8.